The number of rotatable bonds is 6. The lowest BCUT2D eigenvalue weighted by Crippen LogP contribution is -2.16. The van der Waals surface area contributed by atoms with Crippen LogP contribution < -0.4 is 4.90 Å². The average Bonchev–Trinajstić information content (AvgIpc) is 3.97. The van der Waals surface area contributed by atoms with Gasteiger partial charge in [0.05, 0.1) is 22.2 Å². The molecule has 294 valence electrons. The number of benzene rings is 7. The summed E-state index contributed by atoms with van der Waals surface area (Å²) in [4.78, 5) is 7.06. The van der Waals surface area contributed by atoms with E-state index in [1.54, 1.807) is 0 Å². The van der Waals surface area contributed by atoms with Gasteiger partial charge in [0.25, 0.3) is 0 Å². The van der Waals surface area contributed by atoms with E-state index in [1.807, 2.05) is 46.0 Å². The minimum absolute atomic E-state index is 0.127. The van der Waals surface area contributed by atoms with E-state index in [1.165, 1.54) is 55.0 Å². The first-order valence-electron chi connectivity index (χ1n) is 21.3. The summed E-state index contributed by atoms with van der Waals surface area (Å²) in [5.74, 6) is 0. The van der Waals surface area contributed by atoms with Gasteiger partial charge in [-0.3, -0.25) is 4.98 Å². The zero-order valence-corrected chi connectivity index (χ0v) is 35.3. The van der Waals surface area contributed by atoms with Gasteiger partial charge in [-0.15, -0.1) is 0 Å². The quantitative estimate of drug-likeness (QED) is 0.168. The Balaban J connectivity index is 0.00000112. The monoisotopic (exact) mass is 778 g/mol. The summed E-state index contributed by atoms with van der Waals surface area (Å²) in [6.07, 6.45) is 4.06. The molecule has 7 aromatic carbocycles. The van der Waals surface area contributed by atoms with Gasteiger partial charge >= 0.3 is 0 Å². The molecule has 1 aliphatic rings. The van der Waals surface area contributed by atoms with Crippen LogP contribution in [0.15, 0.2) is 194 Å². The fourth-order valence-electron chi connectivity index (χ4n) is 9.11. The molecular formula is C56H50N4. The highest BCUT2D eigenvalue weighted by Gasteiger charge is 2.35. The van der Waals surface area contributed by atoms with Crippen molar-refractivity contribution in [1.29, 1.82) is 0 Å². The van der Waals surface area contributed by atoms with E-state index in [4.69, 9.17) is 0 Å². The van der Waals surface area contributed by atoms with Gasteiger partial charge in [-0.2, -0.15) is 0 Å². The summed E-state index contributed by atoms with van der Waals surface area (Å²) in [5, 5.41) is 3.64. The molecule has 1 aliphatic carbocycles. The van der Waals surface area contributed by atoms with Crippen molar-refractivity contribution >= 4 is 49.8 Å². The van der Waals surface area contributed by atoms with Crippen molar-refractivity contribution in [3.05, 3.63) is 206 Å². The second-order valence-electron chi connectivity index (χ2n) is 15.3. The largest absolute Gasteiger partial charge is 0.316 e. The Morgan fingerprint density at radius 3 is 1.85 bits per heavy atom. The fourth-order valence-corrected chi connectivity index (χ4v) is 9.11. The molecule has 4 nitrogen and oxygen atoms in total. The van der Waals surface area contributed by atoms with Crippen molar-refractivity contribution in [2.45, 2.75) is 47.0 Å². The van der Waals surface area contributed by atoms with Gasteiger partial charge < -0.3 is 14.0 Å². The van der Waals surface area contributed by atoms with Crippen LogP contribution >= 0.6 is 0 Å². The van der Waals surface area contributed by atoms with E-state index in [-0.39, 0.29) is 5.41 Å². The minimum Gasteiger partial charge on any atom is -0.316 e. The van der Waals surface area contributed by atoms with Gasteiger partial charge in [0.2, 0.25) is 0 Å². The second kappa shape index (κ2) is 15.9. The van der Waals surface area contributed by atoms with E-state index < -0.39 is 0 Å². The van der Waals surface area contributed by atoms with Gasteiger partial charge in [-0.25, -0.2) is 0 Å². The topological polar surface area (TPSA) is 26.0 Å². The maximum atomic E-state index is 4.64. The molecule has 0 spiro atoms. The molecule has 0 saturated carbocycles. The van der Waals surface area contributed by atoms with Crippen LogP contribution in [0.1, 0.15) is 52.7 Å². The third kappa shape index (κ3) is 6.27. The number of aromatic nitrogens is 3. The Hall–Kier alpha value is -7.17. The zero-order chi connectivity index (χ0) is 41.4. The maximum absolute atomic E-state index is 4.64. The number of hydrogen-bond acceptors (Lipinski definition) is 2. The summed E-state index contributed by atoms with van der Waals surface area (Å²) in [5.41, 5.74) is 16.4. The van der Waals surface area contributed by atoms with Crippen molar-refractivity contribution in [3.8, 4) is 33.8 Å². The van der Waals surface area contributed by atoms with Crippen LogP contribution in [-0.2, 0) is 5.41 Å². The third-order valence-electron chi connectivity index (χ3n) is 11.8. The number of pyridine rings is 1. The van der Waals surface area contributed by atoms with Crippen molar-refractivity contribution in [2.75, 3.05) is 4.90 Å². The van der Waals surface area contributed by atoms with Crippen LogP contribution in [0.3, 0.4) is 0 Å². The molecule has 0 unspecified atom stereocenters. The lowest BCUT2D eigenvalue weighted by molar-refractivity contribution is 0.660. The molecule has 0 atom stereocenters. The summed E-state index contributed by atoms with van der Waals surface area (Å²) in [7, 11) is 0. The fraction of sp³-hybridized carbons (Fsp3) is 0.125. The third-order valence-corrected chi connectivity index (χ3v) is 11.8. The first-order chi connectivity index (χ1) is 29.5. The minimum atomic E-state index is -0.127. The van der Waals surface area contributed by atoms with Crippen molar-refractivity contribution in [2.24, 2.45) is 0 Å². The highest BCUT2D eigenvalue weighted by Crippen LogP contribution is 2.51. The Morgan fingerprint density at radius 1 is 0.500 bits per heavy atom. The molecular weight excluding hydrogens is 729 g/mol. The van der Waals surface area contributed by atoms with Crippen molar-refractivity contribution in [1.82, 2.24) is 14.1 Å². The maximum Gasteiger partial charge on any atom is 0.0701 e. The molecule has 3 heterocycles. The molecule has 11 rings (SSSR count). The second-order valence-corrected chi connectivity index (χ2v) is 15.3. The summed E-state index contributed by atoms with van der Waals surface area (Å²) in [6.45, 7) is 12.7. The molecule has 0 radical (unpaired) electrons. The Morgan fingerprint density at radius 2 is 1.12 bits per heavy atom. The number of hydrogen-bond donors (Lipinski definition) is 0. The summed E-state index contributed by atoms with van der Waals surface area (Å²) in [6, 6.07) is 66.0. The molecule has 0 N–H and O–H groups in total. The molecule has 0 fully saturated rings. The lowest BCUT2D eigenvalue weighted by atomic mass is 9.82. The lowest BCUT2D eigenvalue weighted by Gasteiger charge is -2.28. The Bertz CT molecular complexity index is 3080. The summed E-state index contributed by atoms with van der Waals surface area (Å²) < 4.78 is 4.75. The smallest absolute Gasteiger partial charge is 0.0701 e. The summed E-state index contributed by atoms with van der Waals surface area (Å²) >= 11 is 0. The van der Waals surface area contributed by atoms with Gasteiger partial charge in [0.15, 0.2) is 0 Å². The van der Waals surface area contributed by atoms with Crippen LogP contribution in [-0.4, -0.2) is 14.1 Å². The molecule has 3 aromatic heterocycles. The van der Waals surface area contributed by atoms with E-state index in [0.29, 0.717) is 0 Å². The molecule has 0 aliphatic heterocycles. The first-order valence-corrected chi connectivity index (χ1v) is 21.3. The van der Waals surface area contributed by atoms with E-state index in [9.17, 15) is 0 Å². The predicted octanol–water partition coefficient (Wildman–Crippen LogP) is 15.6. The first kappa shape index (κ1) is 38.4. The Labute approximate surface area is 353 Å². The Kier molecular flexibility index (Phi) is 10.2. The number of para-hydroxylation sites is 2. The number of nitrogens with zero attached hydrogens (tertiary/aromatic N) is 4. The van der Waals surface area contributed by atoms with Crippen molar-refractivity contribution in [3.63, 3.8) is 0 Å². The SMILES string of the molecule is CC.CC.CC1(C)c2ccccc2-c2ccc(N(c3ccc(-c4ccccn4)cc3)c3ccc4c(c3)c3c5c(ccc3n4-c3ccccc3)ccn5-c3ccccc3)cc21. The highest BCUT2D eigenvalue weighted by atomic mass is 15.1. The zero-order valence-electron chi connectivity index (χ0n) is 35.3. The van der Waals surface area contributed by atoms with Crippen LogP contribution in [0.4, 0.5) is 17.1 Å². The van der Waals surface area contributed by atoms with E-state index in [0.717, 1.165) is 39.7 Å². The van der Waals surface area contributed by atoms with Gasteiger partial charge in [0.1, 0.15) is 0 Å². The standard InChI is InChI=1S/C52H38N4.2C2H6/c1-52(2)45-18-10-9-17-42(45)43-27-25-41(34-46(43)52)55(39-23-20-35(21-24-39)47-19-11-12-31-53-47)40-26-29-48-44(33-40)50-49(56(48)38-15-7-4-8-16-38)28-22-36-30-32-54(51(36)50)37-13-5-3-6-14-37;2*1-2/h3-34H,1-2H3;2*1-2H3. The van der Waals surface area contributed by atoms with Crippen LogP contribution in [0.2, 0.25) is 0 Å². The van der Waals surface area contributed by atoms with Crippen LogP contribution in [0.25, 0.3) is 66.5 Å². The van der Waals surface area contributed by atoms with Crippen LogP contribution in [0, 0.1) is 0 Å². The van der Waals surface area contributed by atoms with Crippen molar-refractivity contribution < 1.29 is 0 Å². The average molecular weight is 779 g/mol. The molecule has 0 saturated heterocycles. The van der Waals surface area contributed by atoms with Gasteiger partial charge in [-0.1, -0.05) is 133 Å². The predicted molar refractivity (Wildman–Crippen MR) is 256 cm³/mol. The van der Waals surface area contributed by atoms with E-state index >= 15 is 0 Å². The molecule has 0 amide bonds. The number of anilines is 3. The highest BCUT2D eigenvalue weighted by molar-refractivity contribution is 6.21. The molecule has 60 heavy (non-hydrogen) atoms. The molecule has 10 aromatic rings. The normalized spacial score (nSPS) is 12.3. The molecule has 0 bridgehead atoms. The van der Waals surface area contributed by atoms with E-state index in [2.05, 4.69) is 209 Å². The molecule has 4 heteroatoms. The van der Waals surface area contributed by atoms with Gasteiger partial charge in [-0.05, 0) is 113 Å². The van der Waals surface area contributed by atoms with Gasteiger partial charge in [0, 0.05) is 68.0 Å². The number of fused-ring (bicyclic) bond motifs is 8. The van der Waals surface area contributed by atoms with Crippen LogP contribution in [0.5, 0.6) is 0 Å².